The van der Waals surface area contributed by atoms with E-state index in [1.165, 1.54) is 16.2 Å². The molecule has 0 saturated heterocycles. The third-order valence-corrected chi connectivity index (χ3v) is 6.46. The van der Waals surface area contributed by atoms with Gasteiger partial charge < -0.3 is 10.1 Å². The predicted octanol–water partition coefficient (Wildman–Crippen LogP) is 5.45. The molecule has 138 valence electrons. The second-order valence-electron chi connectivity index (χ2n) is 6.41. The predicted molar refractivity (Wildman–Crippen MR) is 108 cm³/mol. The SMILES string of the molecule is CCOC(=O)c1c(NC(=O)c2ccc(Br)cc2)sc2c1CC[C@@H](CC)C2. The summed E-state index contributed by atoms with van der Waals surface area (Å²) in [6.45, 7) is 4.32. The fraction of sp³-hybridized carbons (Fsp3) is 0.400. The van der Waals surface area contributed by atoms with E-state index in [9.17, 15) is 9.59 Å². The molecule has 1 amide bonds. The first kappa shape index (κ1) is 19.1. The van der Waals surface area contributed by atoms with Gasteiger partial charge in [-0.25, -0.2) is 4.79 Å². The Morgan fingerprint density at radius 3 is 2.65 bits per heavy atom. The number of thiophene rings is 1. The molecule has 1 N–H and O–H groups in total. The molecule has 0 bridgehead atoms. The number of amides is 1. The molecule has 1 atom stereocenters. The number of esters is 1. The van der Waals surface area contributed by atoms with Gasteiger partial charge in [0, 0.05) is 14.9 Å². The monoisotopic (exact) mass is 435 g/mol. The molecule has 0 unspecified atom stereocenters. The summed E-state index contributed by atoms with van der Waals surface area (Å²) in [6.07, 6.45) is 4.04. The Bertz CT molecular complexity index is 813. The standard InChI is InChI=1S/C20H22BrNO3S/c1-3-12-5-10-15-16(11-12)26-19(17(15)20(24)25-4-2)22-18(23)13-6-8-14(21)9-7-13/h6-9,12H,3-5,10-11H2,1-2H3,(H,22,23)/t12-/m1/s1. The van der Waals surface area contributed by atoms with Gasteiger partial charge in [-0.3, -0.25) is 4.79 Å². The quantitative estimate of drug-likeness (QED) is 0.634. The lowest BCUT2D eigenvalue weighted by Gasteiger charge is -2.20. The van der Waals surface area contributed by atoms with E-state index in [1.807, 2.05) is 12.1 Å². The largest absolute Gasteiger partial charge is 0.462 e. The van der Waals surface area contributed by atoms with E-state index < -0.39 is 0 Å². The Hall–Kier alpha value is -1.66. The summed E-state index contributed by atoms with van der Waals surface area (Å²) in [5, 5.41) is 3.55. The van der Waals surface area contributed by atoms with E-state index in [-0.39, 0.29) is 11.9 Å². The number of rotatable bonds is 5. The van der Waals surface area contributed by atoms with E-state index in [0.29, 0.717) is 28.7 Å². The zero-order chi connectivity index (χ0) is 18.7. The van der Waals surface area contributed by atoms with Crippen LogP contribution in [0.1, 0.15) is 57.8 Å². The lowest BCUT2D eigenvalue weighted by atomic mass is 9.85. The normalized spacial score (nSPS) is 16.0. The molecule has 3 rings (SSSR count). The molecule has 1 heterocycles. The molecule has 0 fully saturated rings. The Balaban J connectivity index is 1.92. The van der Waals surface area contributed by atoms with E-state index in [1.54, 1.807) is 19.1 Å². The maximum Gasteiger partial charge on any atom is 0.341 e. The van der Waals surface area contributed by atoms with Crippen LogP contribution in [-0.4, -0.2) is 18.5 Å². The fourth-order valence-corrected chi connectivity index (χ4v) is 4.90. The first-order valence-corrected chi connectivity index (χ1v) is 10.5. The molecule has 0 aliphatic heterocycles. The number of fused-ring (bicyclic) bond motifs is 1. The van der Waals surface area contributed by atoms with Gasteiger partial charge >= 0.3 is 5.97 Å². The highest BCUT2D eigenvalue weighted by Crippen LogP contribution is 2.41. The molecule has 1 aromatic carbocycles. The average Bonchev–Trinajstić information content (AvgIpc) is 2.99. The molecule has 4 nitrogen and oxygen atoms in total. The highest BCUT2D eigenvalue weighted by atomic mass is 79.9. The minimum Gasteiger partial charge on any atom is -0.462 e. The molecule has 2 aromatic rings. The number of benzene rings is 1. The minimum absolute atomic E-state index is 0.214. The van der Waals surface area contributed by atoms with Crippen LogP contribution in [0.15, 0.2) is 28.7 Å². The minimum atomic E-state index is -0.342. The van der Waals surface area contributed by atoms with Gasteiger partial charge in [-0.05, 0) is 61.9 Å². The summed E-state index contributed by atoms with van der Waals surface area (Å²) in [7, 11) is 0. The molecular formula is C20H22BrNO3S. The van der Waals surface area contributed by atoms with Crippen molar-refractivity contribution in [1.29, 1.82) is 0 Å². The summed E-state index contributed by atoms with van der Waals surface area (Å²) >= 11 is 4.89. The number of carbonyl (C=O) groups excluding carboxylic acids is 2. The summed E-state index contributed by atoms with van der Waals surface area (Å²) in [5.41, 5.74) is 2.16. The van der Waals surface area contributed by atoms with Crippen molar-refractivity contribution >= 4 is 44.1 Å². The second kappa shape index (κ2) is 8.35. The molecule has 0 radical (unpaired) electrons. The van der Waals surface area contributed by atoms with Crippen LogP contribution in [0.2, 0.25) is 0 Å². The van der Waals surface area contributed by atoms with Crippen LogP contribution in [0.4, 0.5) is 5.00 Å². The maximum absolute atomic E-state index is 12.6. The zero-order valence-corrected chi connectivity index (χ0v) is 17.3. The van der Waals surface area contributed by atoms with Crippen LogP contribution in [0.5, 0.6) is 0 Å². The smallest absolute Gasteiger partial charge is 0.341 e. The van der Waals surface area contributed by atoms with Crippen molar-refractivity contribution in [1.82, 2.24) is 0 Å². The number of anilines is 1. The van der Waals surface area contributed by atoms with Gasteiger partial charge in [-0.15, -0.1) is 11.3 Å². The van der Waals surface area contributed by atoms with Crippen LogP contribution in [0.3, 0.4) is 0 Å². The Morgan fingerprint density at radius 2 is 2.00 bits per heavy atom. The number of ether oxygens (including phenoxy) is 1. The van der Waals surface area contributed by atoms with Gasteiger partial charge in [0.25, 0.3) is 5.91 Å². The van der Waals surface area contributed by atoms with Gasteiger partial charge in [-0.2, -0.15) is 0 Å². The van der Waals surface area contributed by atoms with Crippen molar-refractivity contribution in [3.63, 3.8) is 0 Å². The number of carbonyl (C=O) groups is 2. The van der Waals surface area contributed by atoms with Crippen molar-refractivity contribution in [3.8, 4) is 0 Å². The molecule has 0 saturated carbocycles. The summed E-state index contributed by atoms with van der Waals surface area (Å²) < 4.78 is 6.17. The number of nitrogens with one attached hydrogen (secondary N) is 1. The highest BCUT2D eigenvalue weighted by molar-refractivity contribution is 9.10. The van der Waals surface area contributed by atoms with Gasteiger partial charge in [0.1, 0.15) is 5.00 Å². The molecule has 1 aliphatic carbocycles. The number of hydrogen-bond donors (Lipinski definition) is 1. The van der Waals surface area contributed by atoms with E-state index in [0.717, 1.165) is 35.7 Å². The first-order chi connectivity index (χ1) is 12.5. The van der Waals surface area contributed by atoms with Crippen molar-refractivity contribution in [2.75, 3.05) is 11.9 Å². The van der Waals surface area contributed by atoms with Crippen LogP contribution in [0, 0.1) is 5.92 Å². The molecule has 1 aliphatic rings. The Morgan fingerprint density at radius 1 is 1.27 bits per heavy atom. The van der Waals surface area contributed by atoms with Crippen molar-refractivity contribution < 1.29 is 14.3 Å². The van der Waals surface area contributed by atoms with E-state index >= 15 is 0 Å². The van der Waals surface area contributed by atoms with Gasteiger partial charge in [0.2, 0.25) is 0 Å². The zero-order valence-electron chi connectivity index (χ0n) is 14.9. The number of halogens is 1. The average molecular weight is 436 g/mol. The lowest BCUT2D eigenvalue weighted by molar-refractivity contribution is 0.0526. The second-order valence-corrected chi connectivity index (χ2v) is 8.43. The molecule has 6 heteroatoms. The third-order valence-electron chi connectivity index (χ3n) is 4.76. The first-order valence-electron chi connectivity index (χ1n) is 8.92. The molecule has 0 spiro atoms. The van der Waals surface area contributed by atoms with Crippen LogP contribution in [0.25, 0.3) is 0 Å². The van der Waals surface area contributed by atoms with Gasteiger partial charge in [0.05, 0.1) is 12.2 Å². The molecule has 1 aromatic heterocycles. The Labute approximate surface area is 166 Å². The van der Waals surface area contributed by atoms with Crippen LogP contribution in [-0.2, 0) is 17.6 Å². The lowest BCUT2D eigenvalue weighted by Crippen LogP contribution is -2.17. The van der Waals surface area contributed by atoms with E-state index in [2.05, 4.69) is 28.2 Å². The van der Waals surface area contributed by atoms with Crippen molar-refractivity contribution in [2.24, 2.45) is 5.92 Å². The number of hydrogen-bond acceptors (Lipinski definition) is 4. The van der Waals surface area contributed by atoms with Crippen LogP contribution >= 0.6 is 27.3 Å². The van der Waals surface area contributed by atoms with Crippen LogP contribution < -0.4 is 5.32 Å². The van der Waals surface area contributed by atoms with Crippen molar-refractivity contribution in [3.05, 3.63) is 50.3 Å². The highest BCUT2D eigenvalue weighted by Gasteiger charge is 2.29. The summed E-state index contributed by atoms with van der Waals surface area (Å²) in [5.74, 6) is 0.0889. The van der Waals surface area contributed by atoms with Gasteiger partial charge in [0.15, 0.2) is 0 Å². The molecular weight excluding hydrogens is 414 g/mol. The van der Waals surface area contributed by atoms with Crippen molar-refractivity contribution in [2.45, 2.75) is 39.5 Å². The maximum atomic E-state index is 12.6. The summed E-state index contributed by atoms with van der Waals surface area (Å²) in [6, 6.07) is 7.16. The Kier molecular flexibility index (Phi) is 6.14. The third kappa shape index (κ3) is 4.01. The van der Waals surface area contributed by atoms with E-state index in [4.69, 9.17) is 4.74 Å². The molecule has 26 heavy (non-hydrogen) atoms. The topological polar surface area (TPSA) is 55.4 Å². The van der Waals surface area contributed by atoms with Gasteiger partial charge in [-0.1, -0.05) is 29.3 Å². The summed E-state index contributed by atoms with van der Waals surface area (Å²) in [4.78, 5) is 26.4. The fourth-order valence-electron chi connectivity index (χ4n) is 3.29.